The van der Waals surface area contributed by atoms with Crippen LogP contribution in [0.25, 0.3) is 0 Å². The Balaban J connectivity index is 1.58. The lowest BCUT2D eigenvalue weighted by Gasteiger charge is -2.27. The van der Waals surface area contributed by atoms with Crippen LogP contribution in [0, 0.1) is 11.8 Å². The van der Waals surface area contributed by atoms with E-state index in [1.54, 1.807) is 12.1 Å². The molecule has 1 fully saturated rings. The molecule has 0 atom stereocenters. The zero-order chi connectivity index (χ0) is 20.0. The number of amidine groups is 1. The van der Waals surface area contributed by atoms with Crippen LogP contribution in [0.4, 0.5) is 5.69 Å². The molecular weight excluding hydrogens is 374 g/mol. The minimum atomic E-state index is -3.68. The molecule has 2 aliphatic rings. The van der Waals surface area contributed by atoms with Crippen molar-refractivity contribution in [3.63, 3.8) is 0 Å². The van der Waals surface area contributed by atoms with E-state index in [9.17, 15) is 13.2 Å². The highest BCUT2D eigenvalue weighted by Crippen LogP contribution is 2.32. The second-order valence-corrected chi connectivity index (χ2v) is 9.60. The van der Waals surface area contributed by atoms with Gasteiger partial charge in [-0.25, -0.2) is 8.42 Å². The third kappa shape index (κ3) is 5.56. The zero-order valence-corrected chi connectivity index (χ0v) is 17.4. The quantitative estimate of drug-likeness (QED) is 0.716. The Morgan fingerprint density at radius 3 is 2.68 bits per heavy atom. The molecule has 2 N–H and O–H groups in total. The average Bonchev–Trinajstić information content (AvgIpc) is 3.19. The van der Waals surface area contributed by atoms with Crippen LogP contribution in [-0.4, -0.2) is 26.7 Å². The first kappa shape index (κ1) is 20.8. The summed E-state index contributed by atoms with van der Waals surface area (Å²) in [7, 11) is -3.68. The van der Waals surface area contributed by atoms with Gasteiger partial charge in [0.25, 0.3) is 10.0 Å². The molecule has 28 heavy (non-hydrogen) atoms. The number of carbonyl (C=O) groups is 1. The number of anilines is 1. The predicted molar refractivity (Wildman–Crippen MR) is 112 cm³/mol. The molecular formula is C21H31N3O3S. The number of benzene rings is 1. The Morgan fingerprint density at radius 2 is 2.00 bits per heavy atom. The van der Waals surface area contributed by atoms with E-state index in [0.29, 0.717) is 24.5 Å². The van der Waals surface area contributed by atoms with Gasteiger partial charge in [-0.3, -0.25) is 14.5 Å². The number of hydrogen-bond acceptors (Lipinski definition) is 4. The molecule has 6 nitrogen and oxygen atoms in total. The highest BCUT2D eigenvalue weighted by Gasteiger charge is 2.26. The van der Waals surface area contributed by atoms with Gasteiger partial charge in [0.1, 0.15) is 5.84 Å². The van der Waals surface area contributed by atoms with Crippen molar-refractivity contribution in [2.75, 3.05) is 11.9 Å². The number of nitrogens with zero attached hydrogens (tertiary/aromatic N) is 1. The summed E-state index contributed by atoms with van der Waals surface area (Å²) in [5.41, 5.74) is 0.523. The summed E-state index contributed by atoms with van der Waals surface area (Å²) in [5, 5.41) is 2.91. The molecule has 1 heterocycles. The van der Waals surface area contributed by atoms with Gasteiger partial charge < -0.3 is 5.32 Å². The second kappa shape index (κ2) is 9.54. The van der Waals surface area contributed by atoms with E-state index in [-0.39, 0.29) is 16.7 Å². The number of rotatable bonds is 7. The van der Waals surface area contributed by atoms with Crippen LogP contribution in [-0.2, 0) is 14.8 Å². The van der Waals surface area contributed by atoms with Crippen LogP contribution < -0.4 is 10.0 Å². The maximum Gasteiger partial charge on any atom is 0.262 e. The largest absolute Gasteiger partial charge is 0.326 e. The van der Waals surface area contributed by atoms with E-state index in [1.807, 2.05) is 0 Å². The fourth-order valence-corrected chi connectivity index (χ4v) is 5.16. The third-order valence-electron chi connectivity index (χ3n) is 5.72. The van der Waals surface area contributed by atoms with E-state index in [2.05, 4.69) is 22.0 Å². The molecule has 1 saturated carbocycles. The Bertz CT molecular complexity index is 812. The van der Waals surface area contributed by atoms with E-state index in [4.69, 9.17) is 0 Å². The van der Waals surface area contributed by atoms with Crippen molar-refractivity contribution in [1.82, 2.24) is 4.72 Å². The molecule has 0 unspecified atom stereocenters. The Morgan fingerprint density at radius 1 is 1.21 bits per heavy atom. The van der Waals surface area contributed by atoms with Crippen molar-refractivity contribution < 1.29 is 13.2 Å². The van der Waals surface area contributed by atoms with Crippen molar-refractivity contribution in [2.24, 2.45) is 16.8 Å². The average molecular weight is 406 g/mol. The van der Waals surface area contributed by atoms with Crippen LogP contribution in [0.15, 0.2) is 34.2 Å². The molecule has 0 aromatic heterocycles. The predicted octanol–water partition coefficient (Wildman–Crippen LogP) is 4.09. The number of nitrogens with one attached hydrogen (secondary N) is 2. The van der Waals surface area contributed by atoms with Crippen molar-refractivity contribution in [1.29, 1.82) is 0 Å². The van der Waals surface area contributed by atoms with Gasteiger partial charge in [0.15, 0.2) is 0 Å². The first-order chi connectivity index (χ1) is 13.5. The molecule has 1 aliphatic carbocycles. The molecule has 1 aliphatic heterocycles. The molecule has 0 saturated heterocycles. The minimum Gasteiger partial charge on any atom is -0.326 e. The number of unbranched alkanes of at least 4 members (excludes halogenated alkanes) is 1. The van der Waals surface area contributed by atoms with Gasteiger partial charge in [-0.1, -0.05) is 32.3 Å². The Labute approximate surface area is 168 Å². The lowest BCUT2D eigenvalue weighted by Crippen LogP contribution is -2.29. The van der Waals surface area contributed by atoms with Gasteiger partial charge in [-0.2, -0.15) is 0 Å². The third-order valence-corrected chi connectivity index (χ3v) is 7.10. The second-order valence-electron chi connectivity index (χ2n) is 7.91. The zero-order valence-electron chi connectivity index (χ0n) is 16.6. The Hall–Kier alpha value is -1.89. The Kier molecular flexibility index (Phi) is 7.10. The highest BCUT2D eigenvalue weighted by atomic mass is 32.2. The van der Waals surface area contributed by atoms with Crippen molar-refractivity contribution in [3.05, 3.63) is 24.3 Å². The highest BCUT2D eigenvalue weighted by molar-refractivity contribution is 7.90. The molecule has 154 valence electrons. The van der Waals surface area contributed by atoms with Gasteiger partial charge in [0.2, 0.25) is 5.91 Å². The summed E-state index contributed by atoms with van der Waals surface area (Å²) in [4.78, 5) is 16.9. The summed E-state index contributed by atoms with van der Waals surface area (Å²) in [5.74, 6) is 1.28. The molecule has 0 bridgehead atoms. The van der Waals surface area contributed by atoms with E-state index >= 15 is 0 Å². The van der Waals surface area contributed by atoms with Crippen LogP contribution in [0.5, 0.6) is 0 Å². The number of hydrogen-bond donors (Lipinski definition) is 2. The van der Waals surface area contributed by atoms with Crippen molar-refractivity contribution in [2.45, 2.75) is 69.6 Å². The number of amides is 1. The van der Waals surface area contributed by atoms with Crippen LogP contribution in [0.2, 0.25) is 0 Å². The maximum atomic E-state index is 12.6. The van der Waals surface area contributed by atoms with E-state index in [0.717, 1.165) is 38.0 Å². The number of sulfonamides is 1. The van der Waals surface area contributed by atoms with Gasteiger partial charge in [0, 0.05) is 24.6 Å². The fraction of sp³-hybridized carbons (Fsp3) is 0.619. The number of carbonyl (C=O) groups excluding carboxylic acids is 1. The van der Waals surface area contributed by atoms with Crippen molar-refractivity contribution >= 4 is 27.5 Å². The smallest absolute Gasteiger partial charge is 0.262 e. The van der Waals surface area contributed by atoms with Crippen LogP contribution >= 0.6 is 0 Å². The first-order valence-corrected chi connectivity index (χ1v) is 11.9. The van der Waals surface area contributed by atoms with Gasteiger partial charge in [0.05, 0.1) is 4.90 Å². The van der Waals surface area contributed by atoms with Gasteiger partial charge in [-0.15, -0.1) is 0 Å². The summed E-state index contributed by atoms with van der Waals surface area (Å²) in [6.45, 7) is 2.87. The first-order valence-electron chi connectivity index (χ1n) is 10.4. The molecule has 1 aromatic carbocycles. The maximum absolute atomic E-state index is 12.6. The lowest BCUT2D eigenvalue weighted by molar-refractivity contribution is -0.121. The normalized spacial score (nSPS) is 22.5. The molecule has 1 aromatic rings. The van der Waals surface area contributed by atoms with Gasteiger partial charge in [-0.05, 0) is 56.2 Å². The summed E-state index contributed by atoms with van der Waals surface area (Å²) in [6, 6.07) is 6.44. The molecule has 0 radical (unpaired) electrons. The van der Waals surface area contributed by atoms with Crippen LogP contribution in [0.1, 0.15) is 64.7 Å². The number of aliphatic imine (C=N–C) groups is 1. The van der Waals surface area contributed by atoms with E-state index in [1.165, 1.54) is 31.4 Å². The fourth-order valence-electron chi connectivity index (χ4n) is 4.03. The molecule has 7 heteroatoms. The summed E-state index contributed by atoms with van der Waals surface area (Å²) >= 11 is 0. The van der Waals surface area contributed by atoms with Gasteiger partial charge >= 0.3 is 0 Å². The topological polar surface area (TPSA) is 87.6 Å². The summed E-state index contributed by atoms with van der Waals surface area (Å²) < 4.78 is 27.6. The molecule has 0 spiro atoms. The van der Waals surface area contributed by atoms with Crippen LogP contribution in [0.3, 0.4) is 0 Å². The SMILES string of the molecule is CCCCC1CCC(C(=O)Nc2cccc(S(=O)(=O)NC3=NCCC3)c2)CC1. The minimum absolute atomic E-state index is 0.00313. The summed E-state index contributed by atoms with van der Waals surface area (Å²) in [6.07, 6.45) is 9.33. The van der Waals surface area contributed by atoms with Crippen molar-refractivity contribution in [3.8, 4) is 0 Å². The molecule has 1 amide bonds. The molecule has 3 rings (SSSR count). The lowest BCUT2D eigenvalue weighted by atomic mass is 9.79. The standard InChI is InChI=1S/C21H31N3O3S/c1-2-3-6-16-10-12-17(13-11-16)21(25)23-18-7-4-8-19(15-18)28(26,27)24-20-9-5-14-22-20/h4,7-8,15-17H,2-3,5-6,9-14H2,1H3,(H,22,24)(H,23,25). The van der Waals surface area contributed by atoms with E-state index < -0.39 is 10.0 Å². The monoisotopic (exact) mass is 405 g/mol.